The van der Waals surface area contributed by atoms with Crippen molar-refractivity contribution in [3.63, 3.8) is 0 Å². The summed E-state index contributed by atoms with van der Waals surface area (Å²) in [5.41, 5.74) is 0.594. The molecule has 124 valence electrons. The molecular weight excluding hydrogens is 299 g/mol. The zero-order chi connectivity index (χ0) is 16.2. The molecule has 2 aliphatic rings. The van der Waals surface area contributed by atoms with Crippen LogP contribution in [0.4, 0.5) is 14.9 Å². The van der Waals surface area contributed by atoms with Gasteiger partial charge in [-0.2, -0.15) is 0 Å². The molecule has 1 saturated carbocycles. The molecule has 0 unspecified atom stereocenters. The molecule has 0 spiro atoms. The maximum atomic E-state index is 12.9. The molecule has 1 heterocycles. The minimum Gasteiger partial charge on any atom is -0.442 e. The molecule has 1 saturated heterocycles. The van der Waals surface area contributed by atoms with Crippen LogP contribution in [0, 0.1) is 11.7 Å². The molecule has 23 heavy (non-hydrogen) atoms. The smallest absolute Gasteiger partial charge is 0.414 e. The number of benzene rings is 1. The van der Waals surface area contributed by atoms with Crippen LogP contribution in [0.5, 0.6) is 0 Å². The van der Waals surface area contributed by atoms with Gasteiger partial charge in [0.25, 0.3) is 0 Å². The normalized spacial score (nSPS) is 21.5. The van der Waals surface area contributed by atoms with Crippen LogP contribution in [0.1, 0.15) is 32.1 Å². The van der Waals surface area contributed by atoms with E-state index in [1.807, 2.05) is 0 Å². The molecule has 1 aliphatic carbocycles. The number of rotatable bonds is 5. The average Bonchev–Trinajstić information content (AvgIpc) is 3.16. The van der Waals surface area contributed by atoms with E-state index in [1.54, 1.807) is 0 Å². The minimum atomic E-state index is -0.466. The van der Waals surface area contributed by atoms with Crippen molar-refractivity contribution >= 4 is 17.7 Å². The second-order valence-corrected chi connectivity index (χ2v) is 6.25. The Bertz CT molecular complexity index is 570. The van der Waals surface area contributed by atoms with Gasteiger partial charge < -0.3 is 10.1 Å². The lowest BCUT2D eigenvalue weighted by atomic mass is 10.0. The number of ether oxygens (including phenoxy) is 1. The summed E-state index contributed by atoms with van der Waals surface area (Å²) in [7, 11) is 0. The fourth-order valence-corrected chi connectivity index (χ4v) is 3.24. The van der Waals surface area contributed by atoms with Crippen LogP contribution in [0.2, 0.25) is 0 Å². The number of carbonyl (C=O) groups is 2. The second-order valence-electron chi connectivity index (χ2n) is 6.25. The first-order valence-corrected chi connectivity index (χ1v) is 8.12. The fourth-order valence-electron chi connectivity index (χ4n) is 3.24. The predicted octanol–water partition coefficient (Wildman–Crippen LogP) is 2.85. The van der Waals surface area contributed by atoms with Crippen molar-refractivity contribution in [3.05, 3.63) is 30.1 Å². The lowest BCUT2D eigenvalue weighted by Gasteiger charge is -2.13. The molecule has 5 nitrogen and oxygen atoms in total. The van der Waals surface area contributed by atoms with Crippen LogP contribution in [-0.2, 0) is 9.53 Å². The van der Waals surface area contributed by atoms with Crippen LogP contribution >= 0.6 is 0 Å². The van der Waals surface area contributed by atoms with Gasteiger partial charge >= 0.3 is 6.09 Å². The Balaban J connectivity index is 1.47. The van der Waals surface area contributed by atoms with Gasteiger partial charge in [-0.05, 0) is 43.0 Å². The Labute approximate surface area is 134 Å². The summed E-state index contributed by atoms with van der Waals surface area (Å²) in [6, 6.07) is 5.69. The molecule has 1 aromatic carbocycles. The Kier molecular flexibility index (Phi) is 4.79. The highest BCUT2D eigenvalue weighted by Gasteiger charge is 2.32. The number of nitrogens with one attached hydrogen (secondary N) is 1. The van der Waals surface area contributed by atoms with Gasteiger partial charge in [0, 0.05) is 12.1 Å². The van der Waals surface area contributed by atoms with Gasteiger partial charge in [0.05, 0.1) is 13.1 Å². The van der Waals surface area contributed by atoms with Crippen LogP contribution in [0.3, 0.4) is 0 Å². The zero-order valence-corrected chi connectivity index (χ0v) is 13.0. The van der Waals surface area contributed by atoms with Crippen LogP contribution in [0.15, 0.2) is 24.3 Å². The predicted molar refractivity (Wildman–Crippen MR) is 83.6 cm³/mol. The molecule has 0 radical (unpaired) electrons. The molecule has 0 bridgehead atoms. The third-order valence-corrected chi connectivity index (χ3v) is 4.49. The molecular formula is C17H21FN2O3. The van der Waals surface area contributed by atoms with Crippen molar-refractivity contribution in [2.75, 3.05) is 18.0 Å². The van der Waals surface area contributed by atoms with Gasteiger partial charge in [0.15, 0.2) is 0 Å². The molecule has 1 aromatic rings. The lowest BCUT2D eigenvalue weighted by molar-refractivity contribution is -0.122. The number of cyclic esters (lactones) is 1. The SMILES string of the molecule is O=C(CC1CCCC1)NC[C@@H]1CN(c2ccc(F)cc2)C(=O)O1. The summed E-state index contributed by atoms with van der Waals surface area (Å²) in [5.74, 6) is 0.169. The van der Waals surface area contributed by atoms with Gasteiger partial charge in [-0.3, -0.25) is 9.69 Å². The van der Waals surface area contributed by atoms with Gasteiger partial charge in [0.1, 0.15) is 11.9 Å². The quantitative estimate of drug-likeness (QED) is 0.907. The number of hydrogen-bond donors (Lipinski definition) is 1. The first kappa shape index (κ1) is 15.8. The molecule has 2 fully saturated rings. The van der Waals surface area contributed by atoms with Crippen LogP contribution < -0.4 is 10.2 Å². The molecule has 6 heteroatoms. The van der Waals surface area contributed by atoms with E-state index in [-0.39, 0.29) is 17.8 Å². The minimum absolute atomic E-state index is 0.0215. The average molecular weight is 320 g/mol. The van der Waals surface area contributed by atoms with E-state index in [9.17, 15) is 14.0 Å². The number of hydrogen-bond acceptors (Lipinski definition) is 3. The Morgan fingerprint density at radius 2 is 1.96 bits per heavy atom. The summed E-state index contributed by atoms with van der Waals surface area (Å²) in [5, 5.41) is 2.85. The van der Waals surface area contributed by atoms with Gasteiger partial charge in [0.2, 0.25) is 5.91 Å². The summed E-state index contributed by atoms with van der Waals surface area (Å²) in [6.07, 6.45) is 4.40. The third-order valence-electron chi connectivity index (χ3n) is 4.49. The summed E-state index contributed by atoms with van der Waals surface area (Å²) < 4.78 is 18.2. The van der Waals surface area contributed by atoms with Gasteiger partial charge in [-0.25, -0.2) is 9.18 Å². The first-order valence-electron chi connectivity index (χ1n) is 8.12. The molecule has 0 aromatic heterocycles. The second kappa shape index (κ2) is 6.98. The maximum absolute atomic E-state index is 12.9. The highest BCUT2D eigenvalue weighted by Crippen LogP contribution is 2.27. The van der Waals surface area contributed by atoms with E-state index in [0.717, 1.165) is 12.8 Å². The van der Waals surface area contributed by atoms with Crippen molar-refractivity contribution in [3.8, 4) is 0 Å². The standard InChI is InChI=1S/C17H21FN2O3/c18-13-5-7-14(8-6-13)20-11-15(23-17(20)22)10-19-16(21)9-12-3-1-2-4-12/h5-8,12,15H,1-4,9-11H2,(H,19,21)/t15-/m1/s1. The van der Waals surface area contributed by atoms with E-state index in [0.29, 0.717) is 31.1 Å². The Morgan fingerprint density at radius 1 is 1.26 bits per heavy atom. The number of halogens is 1. The van der Waals surface area contributed by atoms with E-state index in [1.165, 1.54) is 42.0 Å². The molecule has 3 rings (SSSR count). The number of nitrogens with zero attached hydrogens (tertiary/aromatic N) is 1. The first-order chi connectivity index (χ1) is 11.1. The third kappa shape index (κ3) is 4.00. The number of carbonyl (C=O) groups excluding carboxylic acids is 2. The molecule has 1 aliphatic heterocycles. The van der Waals surface area contributed by atoms with Crippen molar-refractivity contribution in [1.82, 2.24) is 5.32 Å². The van der Waals surface area contributed by atoms with Crippen molar-refractivity contribution in [1.29, 1.82) is 0 Å². The van der Waals surface area contributed by atoms with Gasteiger partial charge in [-0.1, -0.05) is 12.8 Å². The highest BCUT2D eigenvalue weighted by molar-refractivity contribution is 5.89. The van der Waals surface area contributed by atoms with E-state index in [4.69, 9.17) is 4.74 Å². The van der Waals surface area contributed by atoms with Crippen LogP contribution in [-0.4, -0.2) is 31.2 Å². The zero-order valence-electron chi connectivity index (χ0n) is 13.0. The highest BCUT2D eigenvalue weighted by atomic mass is 19.1. The van der Waals surface area contributed by atoms with Crippen molar-refractivity contribution in [2.24, 2.45) is 5.92 Å². The maximum Gasteiger partial charge on any atom is 0.414 e. The topological polar surface area (TPSA) is 58.6 Å². The van der Waals surface area contributed by atoms with E-state index < -0.39 is 6.09 Å². The summed E-state index contributed by atoms with van der Waals surface area (Å²) in [4.78, 5) is 25.3. The summed E-state index contributed by atoms with van der Waals surface area (Å²) >= 11 is 0. The van der Waals surface area contributed by atoms with E-state index >= 15 is 0 Å². The largest absolute Gasteiger partial charge is 0.442 e. The lowest BCUT2D eigenvalue weighted by Crippen LogP contribution is -2.35. The summed E-state index contributed by atoms with van der Waals surface area (Å²) in [6.45, 7) is 0.670. The Morgan fingerprint density at radius 3 is 2.65 bits per heavy atom. The fraction of sp³-hybridized carbons (Fsp3) is 0.529. The van der Waals surface area contributed by atoms with Crippen molar-refractivity contribution < 1.29 is 18.7 Å². The number of amides is 2. The van der Waals surface area contributed by atoms with E-state index in [2.05, 4.69) is 5.32 Å². The molecule has 1 atom stereocenters. The van der Waals surface area contributed by atoms with Crippen LogP contribution in [0.25, 0.3) is 0 Å². The monoisotopic (exact) mass is 320 g/mol. The molecule has 1 N–H and O–H groups in total. The van der Waals surface area contributed by atoms with Gasteiger partial charge in [-0.15, -0.1) is 0 Å². The number of anilines is 1. The molecule has 2 amide bonds. The van der Waals surface area contributed by atoms with Crippen molar-refractivity contribution in [2.45, 2.75) is 38.2 Å². The Hall–Kier alpha value is -2.11.